The van der Waals surface area contributed by atoms with E-state index in [0.717, 1.165) is 11.3 Å². The van der Waals surface area contributed by atoms with Crippen molar-refractivity contribution < 1.29 is 14.4 Å². The van der Waals surface area contributed by atoms with Gasteiger partial charge in [0.25, 0.3) is 17.4 Å². The SMILES string of the molecule is CSCc1nc2sc(C(=O)NN3C(=O)N[C@](C)(c4ccccc4)C3=O)c(C)c2c(=O)[nH]1. The van der Waals surface area contributed by atoms with Crippen LogP contribution < -0.4 is 16.3 Å². The van der Waals surface area contributed by atoms with Gasteiger partial charge in [-0.3, -0.25) is 19.8 Å². The Bertz CT molecular complexity index is 1270. The van der Waals surface area contributed by atoms with Gasteiger partial charge in [0.1, 0.15) is 16.2 Å². The highest BCUT2D eigenvalue weighted by molar-refractivity contribution is 7.97. The Morgan fingerprint density at radius 1 is 1.26 bits per heavy atom. The van der Waals surface area contributed by atoms with Crippen LogP contribution in [0.2, 0.25) is 0 Å². The van der Waals surface area contributed by atoms with Crippen LogP contribution in [0.15, 0.2) is 35.1 Å². The molecule has 1 aliphatic heterocycles. The van der Waals surface area contributed by atoms with E-state index in [1.807, 2.05) is 6.26 Å². The number of imide groups is 1. The van der Waals surface area contributed by atoms with Crippen molar-refractivity contribution >= 4 is 51.2 Å². The monoisotopic (exact) mass is 457 g/mol. The number of H-pyrrole nitrogens is 1. The van der Waals surface area contributed by atoms with Crippen LogP contribution in [0.5, 0.6) is 0 Å². The number of nitrogens with zero attached hydrogens (tertiary/aromatic N) is 2. The van der Waals surface area contributed by atoms with E-state index in [4.69, 9.17) is 0 Å². The van der Waals surface area contributed by atoms with Crippen LogP contribution in [-0.2, 0) is 16.1 Å². The van der Waals surface area contributed by atoms with E-state index >= 15 is 0 Å². The van der Waals surface area contributed by atoms with E-state index in [-0.39, 0.29) is 10.4 Å². The number of carbonyl (C=O) groups is 3. The minimum Gasteiger partial charge on any atom is -0.318 e. The topological polar surface area (TPSA) is 124 Å². The number of thiophene rings is 1. The Hall–Kier alpha value is -3.18. The molecule has 0 bridgehead atoms. The minimum atomic E-state index is -1.30. The fourth-order valence-corrected chi connectivity index (χ4v) is 4.97. The van der Waals surface area contributed by atoms with Crippen LogP contribution in [0.4, 0.5) is 4.79 Å². The number of rotatable bonds is 5. The average molecular weight is 458 g/mol. The normalized spacial score (nSPS) is 18.5. The highest BCUT2D eigenvalue weighted by atomic mass is 32.2. The lowest BCUT2D eigenvalue weighted by Gasteiger charge is -2.22. The third-order valence-electron chi connectivity index (χ3n) is 5.09. The maximum absolute atomic E-state index is 13.0. The van der Waals surface area contributed by atoms with Crippen molar-refractivity contribution in [2.75, 3.05) is 6.26 Å². The molecule has 0 saturated carbocycles. The van der Waals surface area contributed by atoms with Crippen LogP contribution in [0.3, 0.4) is 0 Å². The van der Waals surface area contributed by atoms with Gasteiger partial charge in [-0.2, -0.15) is 16.8 Å². The van der Waals surface area contributed by atoms with Crippen molar-refractivity contribution in [1.29, 1.82) is 0 Å². The van der Waals surface area contributed by atoms with Crippen LogP contribution >= 0.6 is 23.1 Å². The Kier molecular flexibility index (Phi) is 5.31. The highest BCUT2D eigenvalue weighted by Crippen LogP contribution is 2.30. The number of aromatic nitrogens is 2. The zero-order valence-corrected chi connectivity index (χ0v) is 18.6. The van der Waals surface area contributed by atoms with Gasteiger partial charge in [0.2, 0.25) is 0 Å². The maximum Gasteiger partial charge on any atom is 0.344 e. The van der Waals surface area contributed by atoms with Gasteiger partial charge in [-0.1, -0.05) is 30.3 Å². The van der Waals surface area contributed by atoms with Crippen LogP contribution in [0.1, 0.15) is 33.5 Å². The molecule has 3 N–H and O–H groups in total. The van der Waals surface area contributed by atoms with Crippen molar-refractivity contribution in [3.63, 3.8) is 0 Å². The molecule has 0 unspecified atom stereocenters. The van der Waals surface area contributed by atoms with E-state index in [2.05, 4.69) is 20.7 Å². The number of fused-ring (bicyclic) bond motifs is 1. The molecular weight excluding hydrogens is 438 g/mol. The molecule has 9 nitrogen and oxygen atoms in total. The van der Waals surface area contributed by atoms with Crippen molar-refractivity contribution in [3.05, 3.63) is 62.5 Å². The number of nitrogens with one attached hydrogen (secondary N) is 3. The molecule has 3 aromatic rings. The zero-order chi connectivity index (χ0) is 22.3. The number of benzene rings is 1. The standard InChI is InChI=1S/C20H19N5O4S2/c1-10-13-15(26)21-12(9-30-3)22-17(13)31-14(10)16(27)24-25-18(28)20(2,23-19(25)29)11-7-5-4-6-8-11/h4-8H,9H2,1-3H3,(H,23,29)(H,24,27)(H,21,22,26)/t20-/m1/s1. The molecule has 4 rings (SSSR count). The lowest BCUT2D eigenvalue weighted by Crippen LogP contribution is -2.47. The summed E-state index contributed by atoms with van der Waals surface area (Å²) in [5, 5.41) is 3.63. The summed E-state index contributed by atoms with van der Waals surface area (Å²) in [7, 11) is 0. The largest absolute Gasteiger partial charge is 0.344 e. The molecule has 2 aromatic heterocycles. The lowest BCUT2D eigenvalue weighted by atomic mass is 9.92. The third kappa shape index (κ3) is 3.49. The van der Waals surface area contributed by atoms with Crippen molar-refractivity contribution in [2.45, 2.75) is 25.1 Å². The first-order valence-corrected chi connectivity index (χ1v) is 11.5. The number of amides is 4. The Morgan fingerprint density at radius 3 is 2.65 bits per heavy atom. The molecule has 160 valence electrons. The molecule has 0 spiro atoms. The number of hydrogen-bond donors (Lipinski definition) is 3. The highest BCUT2D eigenvalue weighted by Gasteiger charge is 2.50. The fourth-order valence-electron chi connectivity index (χ4n) is 3.47. The Labute approximate surface area is 185 Å². The van der Waals surface area contributed by atoms with Gasteiger partial charge in [-0.15, -0.1) is 11.3 Å². The molecule has 1 fully saturated rings. The molecule has 0 radical (unpaired) electrons. The lowest BCUT2D eigenvalue weighted by molar-refractivity contribution is -0.132. The predicted molar refractivity (Wildman–Crippen MR) is 119 cm³/mol. The zero-order valence-electron chi connectivity index (χ0n) is 16.9. The van der Waals surface area contributed by atoms with Gasteiger partial charge in [0.05, 0.1) is 16.0 Å². The Balaban J connectivity index is 1.64. The van der Waals surface area contributed by atoms with Crippen molar-refractivity contribution in [1.82, 2.24) is 25.7 Å². The van der Waals surface area contributed by atoms with Gasteiger partial charge >= 0.3 is 6.03 Å². The fraction of sp³-hybridized carbons (Fsp3) is 0.250. The molecule has 4 amide bonds. The number of hydrazine groups is 1. The Morgan fingerprint density at radius 2 is 1.97 bits per heavy atom. The first kappa shape index (κ1) is 21.1. The third-order valence-corrected chi connectivity index (χ3v) is 6.84. The second-order valence-corrected chi connectivity index (χ2v) is 9.05. The summed E-state index contributed by atoms with van der Waals surface area (Å²) >= 11 is 2.56. The summed E-state index contributed by atoms with van der Waals surface area (Å²) in [5.41, 5.74) is 1.80. The number of hydrogen-bond acceptors (Lipinski definition) is 7. The van der Waals surface area contributed by atoms with E-state index in [9.17, 15) is 19.2 Å². The van der Waals surface area contributed by atoms with E-state index in [1.54, 1.807) is 44.2 Å². The molecule has 1 saturated heterocycles. The minimum absolute atomic E-state index is 0.211. The second-order valence-electron chi connectivity index (χ2n) is 7.18. The molecule has 11 heteroatoms. The second kappa shape index (κ2) is 7.82. The van der Waals surface area contributed by atoms with Crippen molar-refractivity contribution in [2.24, 2.45) is 0 Å². The van der Waals surface area contributed by atoms with Gasteiger partial charge in [0, 0.05) is 0 Å². The summed E-state index contributed by atoms with van der Waals surface area (Å²) in [6, 6.07) is 8.04. The van der Waals surface area contributed by atoms with E-state index < -0.39 is 23.4 Å². The molecular formula is C20H19N5O4S2. The molecule has 1 atom stereocenters. The predicted octanol–water partition coefficient (Wildman–Crippen LogP) is 2.27. The summed E-state index contributed by atoms with van der Waals surface area (Å²) in [6.07, 6.45) is 1.89. The average Bonchev–Trinajstić information content (AvgIpc) is 3.18. The smallest absolute Gasteiger partial charge is 0.318 e. The molecule has 0 aliphatic carbocycles. The molecule has 1 aliphatic rings. The summed E-state index contributed by atoms with van der Waals surface area (Å²) < 4.78 is 0. The van der Waals surface area contributed by atoms with Crippen molar-refractivity contribution in [3.8, 4) is 0 Å². The van der Waals surface area contributed by atoms with Gasteiger partial charge in [-0.25, -0.2) is 9.78 Å². The molecule has 1 aromatic carbocycles. The molecule has 31 heavy (non-hydrogen) atoms. The van der Waals surface area contributed by atoms with Gasteiger partial charge in [-0.05, 0) is 31.2 Å². The maximum atomic E-state index is 13.0. The summed E-state index contributed by atoms with van der Waals surface area (Å²) in [4.78, 5) is 58.7. The number of urea groups is 1. The van der Waals surface area contributed by atoms with E-state index in [0.29, 0.717) is 37.9 Å². The quantitative estimate of drug-likeness (QED) is 0.505. The van der Waals surface area contributed by atoms with Gasteiger partial charge < -0.3 is 10.3 Å². The first-order valence-electron chi connectivity index (χ1n) is 9.30. The number of aryl methyl sites for hydroxylation is 1. The summed E-state index contributed by atoms with van der Waals surface area (Å²) in [6.45, 7) is 3.22. The number of carbonyl (C=O) groups excluding carboxylic acids is 3. The molecule has 3 heterocycles. The van der Waals surface area contributed by atoms with Gasteiger partial charge in [0.15, 0.2) is 0 Å². The van der Waals surface area contributed by atoms with Crippen LogP contribution in [-0.4, -0.2) is 39.1 Å². The summed E-state index contributed by atoms with van der Waals surface area (Å²) in [5.74, 6) is -0.211. The van der Waals surface area contributed by atoms with E-state index in [1.165, 1.54) is 11.8 Å². The number of thioether (sulfide) groups is 1. The number of aromatic amines is 1. The van der Waals surface area contributed by atoms with Crippen LogP contribution in [0, 0.1) is 6.92 Å². The van der Waals surface area contributed by atoms with Crippen LogP contribution in [0.25, 0.3) is 10.2 Å². The first-order chi connectivity index (χ1) is 14.8.